The number of hydrogen-bond donors (Lipinski definition) is 1. The summed E-state index contributed by atoms with van der Waals surface area (Å²) in [4.78, 5) is 14.3. The van der Waals surface area contributed by atoms with Crippen LogP contribution in [-0.2, 0) is 4.79 Å². The summed E-state index contributed by atoms with van der Waals surface area (Å²) in [6.45, 7) is 8.71. The number of hydrogen-bond acceptors (Lipinski definition) is 4. The Morgan fingerprint density at radius 1 is 1.30 bits per heavy atom. The van der Waals surface area contributed by atoms with Gasteiger partial charge in [0.1, 0.15) is 5.75 Å². The standard InChI is InChI=1S/C16H24N2O2/c1-4-18(5-2)12-6-7-13-11(3)14(8-9-17)16(19)20-15(13)10-12/h6-7,10-11,14H,4-5,8-9,17H2,1-3H3. The smallest absolute Gasteiger partial charge is 0.315 e. The highest BCUT2D eigenvalue weighted by Crippen LogP contribution is 2.40. The van der Waals surface area contributed by atoms with E-state index in [1.165, 1.54) is 0 Å². The van der Waals surface area contributed by atoms with Gasteiger partial charge in [-0.1, -0.05) is 13.0 Å². The third-order valence-electron chi connectivity index (χ3n) is 4.21. The van der Waals surface area contributed by atoms with Gasteiger partial charge < -0.3 is 15.4 Å². The van der Waals surface area contributed by atoms with Gasteiger partial charge in [-0.15, -0.1) is 0 Å². The second kappa shape index (κ2) is 6.27. The Bertz CT molecular complexity index is 483. The number of nitrogens with two attached hydrogens (primary N) is 1. The van der Waals surface area contributed by atoms with Gasteiger partial charge in [-0.05, 0) is 44.4 Å². The number of carbonyl (C=O) groups is 1. The summed E-state index contributed by atoms with van der Waals surface area (Å²) in [7, 11) is 0. The average molecular weight is 276 g/mol. The number of nitrogens with zero attached hydrogens (tertiary/aromatic N) is 1. The van der Waals surface area contributed by atoms with Crippen LogP contribution in [0.1, 0.15) is 38.7 Å². The molecule has 0 spiro atoms. The number of rotatable bonds is 5. The Balaban J connectivity index is 2.32. The maximum Gasteiger partial charge on any atom is 0.315 e. The normalized spacial score (nSPS) is 21.3. The molecule has 1 aromatic carbocycles. The van der Waals surface area contributed by atoms with E-state index >= 15 is 0 Å². The zero-order valence-electron chi connectivity index (χ0n) is 12.6. The SMILES string of the molecule is CCN(CC)c1ccc2c(c1)OC(=O)C(CCN)C2C. The van der Waals surface area contributed by atoms with Crippen LogP contribution >= 0.6 is 0 Å². The van der Waals surface area contributed by atoms with Gasteiger partial charge in [0.05, 0.1) is 5.92 Å². The monoisotopic (exact) mass is 276 g/mol. The molecule has 0 bridgehead atoms. The van der Waals surface area contributed by atoms with Crippen LogP contribution in [-0.4, -0.2) is 25.6 Å². The predicted molar refractivity (Wildman–Crippen MR) is 81.2 cm³/mol. The lowest BCUT2D eigenvalue weighted by Gasteiger charge is -2.31. The van der Waals surface area contributed by atoms with Crippen LogP contribution in [0.25, 0.3) is 0 Å². The summed E-state index contributed by atoms with van der Waals surface area (Å²) in [6.07, 6.45) is 0.678. The molecule has 4 nitrogen and oxygen atoms in total. The lowest BCUT2D eigenvalue weighted by atomic mass is 9.83. The lowest BCUT2D eigenvalue weighted by molar-refractivity contribution is -0.141. The van der Waals surface area contributed by atoms with Gasteiger partial charge in [-0.25, -0.2) is 0 Å². The van der Waals surface area contributed by atoms with E-state index in [1.54, 1.807) is 0 Å². The lowest BCUT2D eigenvalue weighted by Crippen LogP contribution is -2.32. The van der Waals surface area contributed by atoms with Crippen molar-refractivity contribution in [3.05, 3.63) is 23.8 Å². The molecule has 1 aliphatic heterocycles. The molecule has 0 aromatic heterocycles. The molecule has 0 radical (unpaired) electrons. The van der Waals surface area contributed by atoms with Crippen molar-refractivity contribution < 1.29 is 9.53 Å². The molecule has 1 aliphatic rings. The fourth-order valence-corrected chi connectivity index (χ4v) is 2.93. The third kappa shape index (κ3) is 2.66. The maximum atomic E-state index is 12.1. The van der Waals surface area contributed by atoms with Gasteiger partial charge in [0.15, 0.2) is 0 Å². The number of carbonyl (C=O) groups excluding carboxylic acids is 1. The zero-order valence-corrected chi connectivity index (χ0v) is 12.6. The van der Waals surface area contributed by atoms with Crippen molar-refractivity contribution in [1.82, 2.24) is 0 Å². The maximum absolute atomic E-state index is 12.1. The topological polar surface area (TPSA) is 55.6 Å². The molecule has 2 unspecified atom stereocenters. The molecule has 0 saturated carbocycles. The Hall–Kier alpha value is -1.55. The highest BCUT2D eigenvalue weighted by atomic mass is 16.5. The Morgan fingerprint density at radius 2 is 2.00 bits per heavy atom. The quantitative estimate of drug-likeness (QED) is 0.663. The molecule has 2 atom stereocenters. The molecule has 20 heavy (non-hydrogen) atoms. The van der Waals surface area contributed by atoms with Gasteiger partial charge in [-0.3, -0.25) is 4.79 Å². The first-order chi connectivity index (χ1) is 9.62. The first kappa shape index (κ1) is 14.9. The average Bonchev–Trinajstić information content (AvgIpc) is 2.44. The number of anilines is 1. The minimum atomic E-state index is -0.146. The van der Waals surface area contributed by atoms with Crippen molar-refractivity contribution in [3.63, 3.8) is 0 Å². The molecule has 1 heterocycles. The van der Waals surface area contributed by atoms with Crippen molar-refractivity contribution in [2.24, 2.45) is 11.7 Å². The van der Waals surface area contributed by atoms with Crippen molar-refractivity contribution in [2.75, 3.05) is 24.5 Å². The number of esters is 1. The van der Waals surface area contributed by atoms with Crippen LogP contribution < -0.4 is 15.4 Å². The number of benzene rings is 1. The minimum absolute atomic E-state index is 0.119. The number of fused-ring (bicyclic) bond motifs is 1. The van der Waals surface area contributed by atoms with Gasteiger partial charge in [-0.2, -0.15) is 0 Å². The molecular weight excluding hydrogens is 252 g/mol. The van der Waals surface area contributed by atoms with Crippen LogP contribution in [0.3, 0.4) is 0 Å². The molecular formula is C16H24N2O2. The van der Waals surface area contributed by atoms with E-state index in [9.17, 15) is 4.79 Å². The Labute approximate surface area is 120 Å². The van der Waals surface area contributed by atoms with E-state index in [1.807, 2.05) is 6.07 Å². The Kier molecular flexibility index (Phi) is 4.65. The van der Waals surface area contributed by atoms with Crippen molar-refractivity contribution >= 4 is 11.7 Å². The van der Waals surface area contributed by atoms with E-state index in [0.717, 1.165) is 24.3 Å². The first-order valence-electron chi connectivity index (χ1n) is 7.43. The summed E-state index contributed by atoms with van der Waals surface area (Å²) < 4.78 is 5.53. The van der Waals surface area contributed by atoms with Gasteiger partial charge >= 0.3 is 5.97 Å². The summed E-state index contributed by atoms with van der Waals surface area (Å²) in [5.74, 6) is 0.611. The Morgan fingerprint density at radius 3 is 2.60 bits per heavy atom. The first-order valence-corrected chi connectivity index (χ1v) is 7.43. The fraction of sp³-hybridized carbons (Fsp3) is 0.562. The third-order valence-corrected chi connectivity index (χ3v) is 4.21. The fourth-order valence-electron chi connectivity index (χ4n) is 2.93. The second-order valence-corrected chi connectivity index (χ2v) is 5.29. The van der Waals surface area contributed by atoms with E-state index in [0.29, 0.717) is 18.7 Å². The largest absolute Gasteiger partial charge is 0.426 e. The van der Waals surface area contributed by atoms with Crippen molar-refractivity contribution in [2.45, 2.75) is 33.1 Å². The van der Waals surface area contributed by atoms with E-state index in [2.05, 4.69) is 37.8 Å². The molecule has 2 rings (SSSR count). The van der Waals surface area contributed by atoms with Crippen LogP contribution in [0.15, 0.2) is 18.2 Å². The molecule has 4 heteroatoms. The highest BCUT2D eigenvalue weighted by Gasteiger charge is 2.34. The predicted octanol–water partition coefficient (Wildman–Crippen LogP) is 2.52. The zero-order chi connectivity index (χ0) is 14.7. The van der Waals surface area contributed by atoms with Crippen LogP contribution in [0.4, 0.5) is 5.69 Å². The number of ether oxygens (including phenoxy) is 1. The van der Waals surface area contributed by atoms with Gasteiger partial charge in [0.2, 0.25) is 0 Å². The molecule has 110 valence electrons. The molecule has 0 amide bonds. The summed E-state index contributed by atoms with van der Waals surface area (Å²) in [5, 5.41) is 0. The van der Waals surface area contributed by atoms with E-state index in [-0.39, 0.29) is 17.8 Å². The molecule has 2 N–H and O–H groups in total. The van der Waals surface area contributed by atoms with Crippen LogP contribution in [0.5, 0.6) is 5.75 Å². The van der Waals surface area contributed by atoms with Gasteiger partial charge in [0, 0.05) is 24.8 Å². The molecule has 0 saturated heterocycles. The molecule has 1 aromatic rings. The minimum Gasteiger partial charge on any atom is -0.426 e. The van der Waals surface area contributed by atoms with Crippen molar-refractivity contribution in [3.8, 4) is 5.75 Å². The van der Waals surface area contributed by atoms with E-state index in [4.69, 9.17) is 10.5 Å². The van der Waals surface area contributed by atoms with Crippen LogP contribution in [0.2, 0.25) is 0 Å². The second-order valence-electron chi connectivity index (χ2n) is 5.29. The molecule has 0 aliphatic carbocycles. The van der Waals surface area contributed by atoms with Gasteiger partial charge in [0.25, 0.3) is 0 Å². The van der Waals surface area contributed by atoms with Crippen molar-refractivity contribution in [1.29, 1.82) is 0 Å². The summed E-state index contributed by atoms with van der Waals surface area (Å²) in [6, 6.07) is 6.18. The van der Waals surface area contributed by atoms with E-state index < -0.39 is 0 Å². The summed E-state index contributed by atoms with van der Waals surface area (Å²) in [5.41, 5.74) is 7.80. The van der Waals surface area contributed by atoms with Crippen LogP contribution in [0, 0.1) is 5.92 Å². The highest BCUT2D eigenvalue weighted by molar-refractivity contribution is 5.80. The molecule has 0 fully saturated rings. The summed E-state index contributed by atoms with van der Waals surface area (Å²) >= 11 is 0.